The molecule has 0 bridgehead atoms. The predicted molar refractivity (Wildman–Crippen MR) is 154 cm³/mol. The van der Waals surface area contributed by atoms with Crippen molar-refractivity contribution in [1.82, 2.24) is 0 Å². The Balaban J connectivity index is -0.000000178. The van der Waals surface area contributed by atoms with Crippen molar-refractivity contribution in [1.29, 1.82) is 0 Å². The molecule has 0 aromatic rings. The molecule has 0 aliphatic rings. The summed E-state index contributed by atoms with van der Waals surface area (Å²) in [6.07, 6.45) is 18.6. The van der Waals surface area contributed by atoms with Gasteiger partial charge in [0.25, 0.3) is 0 Å². The maximum Gasteiger partial charge on any atom is 0 e. The van der Waals surface area contributed by atoms with Crippen LogP contribution in [0.15, 0.2) is 4.09 Å². The van der Waals surface area contributed by atoms with E-state index in [9.17, 15) is 0 Å². The number of aliphatic hydroxyl groups excluding tert-OH is 3. The number of hydrogen-bond donors (Lipinski definition) is 3. The maximum atomic E-state index is 8.06. The molecule has 208 valence electrons. The second-order valence-corrected chi connectivity index (χ2v) is 23.0. The number of allylic oxidation sites excluding steroid dienone is 1. The first kappa shape index (κ1) is 45.1. The van der Waals surface area contributed by atoms with E-state index in [2.05, 4.69) is 37.9 Å². The van der Waals surface area contributed by atoms with E-state index in [0.29, 0.717) is 0 Å². The molecular formula is C29H65O3SnTi-. The van der Waals surface area contributed by atoms with Crippen LogP contribution in [-0.4, -0.2) is 52.0 Å². The Morgan fingerprint density at radius 2 is 0.853 bits per heavy atom. The number of unbranched alkanes of at least 4 members (excludes halogenated alkanes) is 7. The zero-order chi connectivity index (χ0) is 26.5. The van der Waals surface area contributed by atoms with E-state index in [-0.39, 0.29) is 40.0 Å². The molecule has 0 rings (SSSR count). The molecule has 0 heterocycles. The minimum atomic E-state index is -2.00. The van der Waals surface area contributed by atoms with Crippen LogP contribution < -0.4 is 0 Å². The van der Waals surface area contributed by atoms with Crippen LogP contribution in [0.4, 0.5) is 0 Å². The molecule has 0 aromatic heterocycles. The molecule has 3 N–H and O–H groups in total. The fourth-order valence-electron chi connectivity index (χ4n) is 3.12. The van der Waals surface area contributed by atoms with Gasteiger partial charge in [-0.1, -0.05) is 0 Å². The van der Waals surface area contributed by atoms with Gasteiger partial charge in [-0.05, 0) is 41.5 Å². The fourth-order valence-corrected chi connectivity index (χ4v) is 17.2. The number of aliphatic hydroxyl groups is 3. The molecule has 5 heteroatoms. The van der Waals surface area contributed by atoms with Gasteiger partial charge in [0.05, 0.1) is 0 Å². The fraction of sp³-hybridized carbons (Fsp3) is 0.931. The third-order valence-electron chi connectivity index (χ3n) is 4.67. The van der Waals surface area contributed by atoms with E-state index in [4.69, 9.17) is 15.3 Å². The molecule has 0 aliphatic heterocycles. The Morgan fingerprint density at radius 3 is 1.12 bits per heavy atom. The van der Waals surface area contributed by atoms with Crippen molar-refractivity contribution in [3.05, 3.63) is 10.2 Å². The van der Waals surface area contributed by atoms with Crippen LogP contribution in [0.1, 0.15) is 140 Å². The summed E-state index contributed by atoms with van der Waals surface area (Å²) in [6.45, 7) is 19.7. The first-order valence-corrected chi connectivity index (χ1v) is 21.8. The van der Waals surface area contributed by atoms with Crippen molar-refractivity contribution >= 4 is 18.4 Å². The summed E-state index contributed by atoms with van der Waals surface area (Å²) < 4.78 is 7.50. The van der Waals surface area contributed by atoms with Crippen LogP contribution in [0, 0.1) is 6.08 Å². The van der Waals surface area contributed by atoms with Crippen LogP contribution in [0.3, 0.4) is 0 Å². The van der Waals surface area contributed by atoms with E-state index in [1.165, 1.54) is 70.6 Å². The SMILES string of the molecule is CC(C)O.CC(C)O.CC(C)O.CCCCCC[C-]=[CH][Sn]([CH2]CCC)([CH2]CCC)[CH2]CCC.[Ti]. The minimum absolute atomic E-state index is 0. The molecule has 0 saturated heterocycles. The van der Waals surface area contributed by atoms with Gasteiger partial charge in [0.2, 0.25) is 0 Å². The Morgan fingerprint density at radius 1 is 0.559 bits per heavy atom. The van der Waals surface area contributed by atoms with Crippen LogP contribution >= 0.6 is 0 Å². The van der Waals surface area contributed by atoms with Crippen LogP contribution in [0.25, 0.3) is 0 Å². The Kier molecular flexibility index (Phi) is 48.1. The van der Waals surface area contributed by atoms with Crippen molar-refractivity contribution in [2.75, 3.05) is 0 Å². The van der Waals surface area contributed by atoms with E-state index >= 15 is 0 Å². The van der Waals surface area contributed by atoms with Gasteiger partial charge < -0.3 is 15.3 Å². The normalized spacial score (nSPS) is 10.8. The smallest absolute Gasteiger partial charge is 0 e. The Hall–Kier alpha value is 1.13. The second-order valence-electron chi connectivity index (χ2n) is 10.1. The third-order valence-corrected chi connectivity index (χ3v) is 18.6. The van der Waals surface area contributed by atoms with Crippen molar-refractivity contribution in [2.45, 2.75) is 171 Å². The topological polar surface area (TPSA) is 60.7 Å². The first-order chi connectivity index (χ1) is 15.4. The molecule has 0 aromatic carbocycles. The van der Waals surface area contributed by atoms with Crippen LogP contribution in [0.2, 0.25) is 13.3 Å². The van der Waals surface area contributed by atoms with Gasteiger partial charge >= 0.3 is 140 Å². The molecule has 0 fully saturated rings. The van der Waals surface area contributed by atoms with Gasteiger partial charge in [-0.15, -0.1) is 0 Å². The number of hydrogen-bond acceptors (Lipinski definition) is 3. The summed E-state index contributed by atoms with van der Waals surface area (Å²) in [6, 6.07) is 0. The Labute approximate surface area is 235 Å². The molecular weight excluding hydrogens is 563 g/mol. The van der Waals surface area contributed by atoms with Gasteiger partial charge in [0.15, 0.2) is 0 Å². The third kappa shape index (κ3) is 54.2. The molecule has 34 heavy (non-hydrogen) atoms. The first-order valence-electron chi connectivity index (χ1n) is 14.1. The van der Waals surface area contributed by atoms with Gasteiger partial charge in [-0.25, -0.2) is 0 Å². The van der Waals surface area contributed by atoms with Gasteiger partial charge in [-0.2, -0.15) is 0 Å². The monoisotopic (exact) mass is 629 g/mol. The summed E-state index contributed by atoms with van der Waals surface area (Å²) in [5.74, 6) is 0. The summed E-state index contributed by atoms with van der Waals surface area (Å²) in [7, 11) is 0. The molecule has 0 radical (unpaired) electrons. The zero-order valence-electron chi connectivity index (χ0n) is 25.1. The summed E-state index contributed by atoms with van der Waals surface area (Å²) in [5, 5.41) is 24.2. The molecule has 0 aliphatic carbocycles. The molecule has 0 atom stereocenters. The predicted octanol–water partition coefficient (Wildman–Crippen LogP) is 8.86. The van der Waals surface area contributed by atoms with Crippen LogP contribution in [-0.2, 0) is 21.7 Å². The maximum absolute atomic E-state index is 8.06. The standard InChI is InChI=1S/C8H14.3C4H9.3C3H8O.Sn.Ti/c1-3-5-7-8-6-4-2;3*1-3-4-2;3*1-3(2)4;;/h1H,4-8H2,2H3;3*1,3-4H2,2H3;3*3-4H,1-2H3;;/q-1;;;;;;;;. The quantitative estimate of drug-likeness (QED) is 0.0965. The summed E-state index contributed by atoms with van der Waals surface area (Å²) in [4.78, 5) is 0. The molecule has 3 nitrogen and oxygen atoms in total. The van der Waals surface area contributed by atoms with E-state index in [1.807, 2.05) is 0 Å². The van der Waals surface area contributed by atoms with Gasteiger partial charge in [0.1, 0.15) is 0 Å². The summed E-state index contributed by atoms with van der Waals surface area (Å²) >= 11 is -2.00. The second kappa shape index (κ2) is 36.3. The largest absolute Gasteiger partial charge is 0 e. The molecule has 0 saturated carbocycles. The van der Waals surface area contributed by atoms with Crippen molar-refractivity contribution in [3.63, 3.8) is 0 Å². The van der Waals surface area contributed by atoms with Crippen LogP contribution in [0.5, 0.6) is 0 Å². The van der Waals surface area contributed by atoms with Crippen molar-refractivity contribution < 1.29 is 37.0 Å². The Bertz CT molecular complexity index is 317. The molecule has 0 spiro atoms. The average Bonchev–Trinajstić information content (AvgIpc) is 2.70. The molecule has 0 amide bonds. The van der Waals surface area contributed by atoms with Gasteiger partial charge in [0, 0.05) is 40.0 Å². The van der Waals surface area contributed by atoms with Gasteiger partial charge in [-0.3, -0.25) is 0 Å². The average molecular weight is 628 g/mol. The minimum Gasteiger partial charge on any atom is 0 e. The van der Waals surface area contributed by atoms with E-state index in [1.54, 1.807) is 54.9 Å². The zero-order valence-corrected chi connectivity index (χ0v) is 29.5. The van der Waals surface area contributed by atoms with Crippen molar-refractivity contribution in [3.8, 4) is 0 Å². The van der Waals surface area contributed by atoms with E-state index < -0.39 is 18.4 Å². The van der Waals surface area contributed by atoms with Crippen molar-refractivity contribution in [2.24, 2.45) is 0 Å². The summed E-state index contributed by atoms with van der Waals surface area (Å²) in [5.41, 5.74) is 0. The number of rotatable bonds is 15. The van der Waals surface area contributed by atoms with E-state index in [0.717, 1.165) is 0 Å². The molecule has 0 unspecified atom stereocenters.